The van der Waals surface area contributed by atoms with E-state index in [1.165, 1.54) is 0 Å². The van der Waals surface area contributed by atoms with Crippen molar-refractivity contribution in [2.45, 2.75) is 0 Å². The van der Waals surface area contributed by atoms with Crippen molar-refractivity contribution in [1.82, 2.24) is 0 Å². The molecular formula is CH5N3S. The van der Waals surface area contributed by atoms with Crippen molar-refractivity contribution in [2.75, 3.05) is 0 Å². The second-order valence-electron chi connectivity index (χ2n) is 0.482. The first-order valence-electron chi connectivity index (χ1n) is 0.979. The summed E-state index contributed by atoms with van der Waals surface area (Å²) in [5.74, 6) is 0. The predicted molar refractivity (Wildman–Crippen MR) is 23.7 cm³/mol. The van der Waals surface area contributed by atoms with Crippen molar-refractivity contribution in [1.29, 1.82) is 5.41 Å². The highest BCUT2D eigenvalue weighted by Gasteiger charge is 1.72. The van der Waals surface area contributed by atoms with Crippen molar-refractivity contribution in [2.24, 2.45) is 10.9 Å². The van der Waals surface area contributed by atoms with E-state index in [4.69, 9.17) is 16.3 Å². The average molecular weight is 91.1 g/mol. The number of amidine groups is 1. The van der Waals surface area contributed by atoms with Gasteiger partial charge in [-0.1, -0.05) is 0 Å². The van der Waals surface area contributed by atoms with E-state index in [1.54, 1.807) is 0 Å². The number of nitrogens with two attached hydrogens (primary N) is 2. The summed E-state index contributed by atoms with van der Waals surface area (Å²) < 4.78 is 0. The maximum absolute atomic E-state index is 6.36. The van der Waals surface area contributed by atoms with Crippen LogP contribution in [0.4, 0.5) is 0 Å². The van der Waals surface area contributed by atoms with E-state index in [1.807, 2.05) is 0 Å². The molecule has 30 valence electrons. The van der Waals surface area contributed by atoms with Crippen LogP contribution in [0, 0.1) is 5.41 Å². The fourth-order valence-electron chi connectivity index (χ4n) is 0. The molecule has 0 saturated carbocycles. The standard InChI is InChI=1S/CH5N3S/c2-1(3)5-4/h4H2,(H3,2,3). The number of nitrogens with one attached hydrogen (secondary N) is 1. The summed E-state index contributed by atoms with van der Waals surface area (Å²) in [4.78, 5) is 0. The minimum Gasteiger partial charge on any atom is -0.378 e. The van der Waals surface area contributed by atoms with Gasteiger partial charge in [0.15, 0.2) is 5.17 Å². The Hall–Kier alpha value is -0.220. The van der Waals surface area contributed by atoms with Crippen molar-refractivity contribution in [3.05, 3.63) is 0 Å². The molecule has 0 rings (SSSR count). The highest BCUT2D eigenvalue weighted by Crippen LogP contribution is 1.75. The van der Waals surface area contributed by atoms with Gasteiger partial charge >= 0.3 is 0 Å². The Labute approximate surface area is 34.4 Å². The summed E-state index contributed by atoms with van der Waals surface area (Å²) in [6.45, 7) is 0. The molecule has 3 nitrogen and oxygen atoms in total. The lowest BCUT2D eigenvalue weighted by Crippen LogP contribution is -2.05. The lowest BCUT2D eigenvalue weighted by atomic mass is 11.4. The molecule has 0 atom stereocenters. The van der Waals surface area contributed by atoms with Gasteiger partial charge in [-0.3, -0.25) is 10.5 Å². The molecule has 0 aromatic heterocycles. The summed E-state index contributed by atoms with van der Waals surface area (Å²) in [6.07, 6.45) is 0. The normalized spacial score (nSPS) is 7.40. The fourth-order valence-corrected chi connectivity index (χ4v) is 0. The SMILES string of the molecule is N=C(N)SN. The van der Waals surface area contributed by atoms with E-state index in [2.05, 4.69) is 0 Å². The number of hydrogen-bond donors (Lipinski definition) is 3. The van der Waals surface area contributed by atoms with E-state index in [-0.39, 0.29) is 5.17 Å². The average Bonchev–Trinajstić information content (AvgIpc) is 1.38. The summed E-state index contributed by atoms with van der Waals surface area (Å²) >= 11 is 0.741. The highest BCUT2D eigenvalue weighted by molar-refractivity contribution is 8.11. The molecule has 4 heteroatoms. The fraction of sp³-hybridized carbons (Fsp3) is 0. The third-order valence-corrected chi connectivity index (χ3v) is 0.381. The Morgan fingerprint density at radius 1 is 1.80 bits per heavy atom. The maximum Gasteiger partial charge on any atom is 0.166 e. The first-order chi connectivity index (χ1) is 2.27. The van der Waals surface area contributed by atoms with E-state index >= 15 is 0 Å². The second-order valence-corrected chi connectivity index (χ2v) is 1.16. The van der Waals surface area contributed by atoms with Crippen molar-refractivity contribution < 1.29 is 0 Å². The van der Waals surface area contributed by atoms with Crippen LogP contribution in [0.3, 0.4) is 0 Å². The Balaban J connectivity index is 2.85. The zero-order chi connectivity index (χ0) is 4.28. The van der Waals surface area contributed by atoms with Crippen LogP contribution in [0.5, 0.6) is 0 Å². The van der Waals surface area contributed by atoms with Gasteiger partial charge in [0, 0.05) is 0 Å². The molecule has 0 amide bonds. The topological polar surface area (TPSA) is 75.9 Å². The van der Waals surface area contributed by atoms with Crippen molar-refractivity contribution >= 4 is 17.1 Å². The van der Waals surface area contributed by atoms with Crippen LogP contribution in [-0.2, 0) is 0 Å². The smallest absolute Gasteiger partial charge is 0.166 e. The van der Waals surface area contributed by atoms with Gasteiger partial charge in [0.2, 0.25) is 0 Å². The third-order valence-electron chi connectivity index (χ3n) is 0.127. The Bertz CT molecular complexity index is 42.2. The van der Waals surface area contributed by atoms with Crippen molar-refractivity contribution in [3.8, 4) is 0 Å². The largest absolute Gasteiger partial charge is 0.378 e. The van der Waals surface area contributed by atoms with Gasteiger partial charge in [-0.05, 0) is 11.9 Å². The molecule has 0 unspecified atom stereocenters. The van der Waals surface area contributed by atoms with Gasteiger partial charge in [-0.25, -0.2) is 0 Å². The first kappa shape index (κ1) is 4.78. The molecule has 0 aromatic carbocycles. The Morgan fingerprint density at radius 2 is 2.00 bits per heavy atom. The summed E-state index contributed by atoms with van der Waals surface area (Å²) in [6, 6.07) is 0. The van der Waals surface area contributed by atoms with Gasteiger partial charge in [-0.15, -0.1) is 0 Å². The van der Waals surface area contributed by atoms with E-state index in [9.17, 15) is 0 Å². The van der Waals surface area contributed by atoms with Crippen LogP contribution in [-0.4, -0.2) is 5.17 Å². The van der Waals surface area contributed by atoms with Gasteiger partial charge < -0.3 is 5.73 Å². The molecule has 0 aromatic rings. The van der Waals surface area contributed by atoms with Crippen LogP contribution < -0.4 is 10.9 Å². The van der Waals surface area contributed by atoms with E-state index in [0.29, 0.717) is 0 Å². The molecule has 0 radical (unpaired) electrons. The zero-order valence-electron chi connectivity index (χ0n) is 2.56. The molecule has 0 bridgehead atoms. The summed E-state index contributed by atoms with van der Waals surface area (Å²) in [5, 5.41) is 11.0. The first-order valence-corrected chi connectivity index (χ1v) is 1.86. The minimum absolute atomic E-state index is 0.0509. The number of hydrogen-bond acceptors (Lipinski definition) is 3. The maximum atomic E-state index is 6.36. The lowest BCUT2D eigenvalue weighted by molar-refractivity contribution is 1.50. The van der Waals surface area contributed by atoms with Crippen LogP contribution in [0.15, 0.2) is 0 Å². The Morgan fingerprint density at radius 3 is 2.00 bits per heavy atom. The summed E-state index contributed by atoms with van der Waals surface area (Å²) in [5.41, 5.74) is 4.71. The molecular weight excluding hydrogens is 86.1 g/mol. The van der Waals surface area contributed by atoms with Crippen LogP contribution in [0.1, 0.15) is 0 Å². The quantitative estimate of drug-likeness (QED) is 0.213. The predicted octanol–water partition coefficient (Wildman–Crippen LogP) is -0.513. The van der Waals surface area contributed by atoms with E-state index < -0.39 is 0 Å². The number of rotatable bonds is 0. The Kier molecular flexibility index (Phi) is 1.95. The minimum atomic E-state index is -0.0509. The highest BCUT2D eigenvalue weighted by atomic mass is 32.2. The van der Waals surface area contributed by atoms with Gasteiger partial charge in [-0.2, -0.15) is 0 Å². The van der Waals surface area contributed by atoms with E-state index in [0.717, 1.165) is 11.9 Å². The van der Waals surface area contributed by atoms with Crippen molar-refractivity contribution in [3.63, 3.8) is 0 Å². The van der Waals surface area contributed by atoms with Gasteiger partial charge in [0.1, 0.15) is 0 Å². The molecule has 0 aliphatic carbocycles. The van der Waals surface area contributed by atoms with Gasteiger partial charge in [0.25, 0.3) is 0 Å². The monoisotopic (exact) mass is 91.0 g/mol. The molecule has 0 heterocycles. The van der Waals surface area contributed by atoms with Gasteiger partial charge in [0.05, 0.1) is 0 Å². The molecule has 0 spiro atoms. The van der Waals surface area contributed by atoms with Crippen LogP contribution in [0.25, 0.3) is 0 Å². The molecule has 5 heavy (non-hydrogen) atoms. The zero-order valence-corrected chi connectivity index (χ0v) is 3.38. The molecule has 0 saturated heterocycles. The second kappa shape index (κ2) is 2.04. The molecule has 0 aliphatic rings. The van der Waals surface area contributed by atoms with Crippen LogP contribution in [0.2, 0.25) is 0 Å². The van der Waals surface area contributed by atoms with Crippen LogP contribution >= 0.6 is 11.9 Å². The molecule has 0 fully saturated rings. The lowest BCUT2D eigenvalue weighted by Gasteiger charge is -1.78. The molecule has 0 aliphatic heterocycles. The molecule has 5 N–H and O–H groups in total. The summed E-state index contributed by atoms with van der Waals surface area (Å²) in [7, 11) is 0. The third kappa shape index (κ3) is 3.78.